The largest absolute Gasteiger partial charge is 0.302 e. The van der Waals surface area contributed by atoms with Crippen molar-refractivity contribution in [2.75, 3.05) is 39.3 Å². The SMILES string of the molecule is C1#Cc2ccc(cc2)CCN(CCc2ccccc2)CCc2ccc(cc2)C#CC#Cc2ccc(cc2)CCN(CCc2ccccc2)CCc2ccc(cc2)C#C1. The molecule has 7 aliphatic heterocycles. The van der Waals surface area contributed by atoms with Gasteiger partial charge in [-0.1, -0.05) is 133 Å². The highest BCUT2D eigenvalue weighted by Gasteiger charge is 2.09. The van der Waals surface area contributed by atoms with E-state index in [4.69, 9.17) is 0 Å². The van der Waals surface area contributed by atoms with Crippen molar-refractivity contribution in [3.8, 4) is 47.4 Å². The van der Waals surface area contributed by atoms with Crippen molar-refractivity contribution >= 4 is 0 Å². The fraction of sp³-hybridized carbons (Fsp3) is 0.214. The van der Waals surface area contributed by atoms with Gasteiger partial charge in [-0.3, -0.25) is 0 Å². The van der Waals surface area contributed by atoms with Gasteiger partial charge in [-0.05, 0) is 144 Å². The molecule has 58 heavy (non-hydrogen) atoms. The standard InChI is InChI=1S/C56H50N2/c1-3-11-47(12-4-1)35-41-57-43-37-53-27-19-49(20-28-53)15-7-9-17-51-23-31-55(32-24-51)39-45-58(42-36-48-13-5-2-6-14-48)46-40-56-33-25-52(26-34-56)18-10-8-16-50-21-29-54(30-22-50)38-44-57/h1-6,11-14,19-34H,35-46H2. The lowest BCUT2D eigenvalue weighted by Crippen LogP contribution is -2.30. The molecule has 13 rings (SSSR count). The number of benzene rings is 6. The Morgan fingerprint density at radius 2 is 0.569 bits per heavy atom. The third-order valence-electron chi connectivity index (χ3n) is 10.8. The molecule has 2 heteroatoms. The lowest BCUT2D eigenvalue weighted by Gasteiger charge is -2.22. The molecule has 6 aromatic carbocycles. The van der Waals surface area contributed by atoms with Gasteiger partial charge in [-0.15, -0.1) is 0 Å². The average Bonchev–Trinajstić information content (AvgIpc) is 3.28. The minimum atomic E-state index is 0.987. The lowest BCUT2D eigenvalue weighted by atomic mass is 10.1. The molecule has 2 nitrogen and oxygen atoms in total. The Balaban J connectivity index is 1.06. The maximum absolute atomic E-state index is 3.24. The molecule has 0 unspecified atom stereocenters. The maximum atomic E-state index is 3.24. The quantitative estimate of drug-likeness (QED) is 0.157. The van der Waals surface area contributed by atoms with Crippen molar-refractivity contribution in [2.24, 2.45) is 0 Å². The zero-order valence-electron chi connectivity index (χ0n) is 33.4. The Kier molecular flexibility index (Phi) is 14.9. The Morgan fingerprint density at radius 3 is 0.828 bits per heavy atom. The smallest absolute Gasteiger partial charge is 0.0255 e. The topological polar surface area (TPSA) is 6.48 Å². The van der Waals surface area contributed by atoms with E-state index in [9.17, 15) is 0 Å². The van der Waals surface area contributed by atoms with Crippen molar-refractivity contribution in [1.29, 1.82) is 0 Å². The maximum Gasteiger partial charge on any atom is 0.0255 e. The molecular formula is C56H50N2. The zero-order valence-corrected chi connectivity index (χ0v) is 33.4. The summed E-state index contributed by atoms with van der Waals surface area (Å²) >= 11 is 0. The monoisotopic (exact) mass is 750 g/mol. The van der Waals surface area contributed by atoms with E-state index in [1.165, 1.54) is 33.4 Å². The number of nitrogens with zero attached hydrogens (tertiary/aromatic N) is 2. The number of hydrogen-bond donors (Lipinski definition) is 0. The van der Waals surface area contributed by atoms with Gasteiger partial charge in [0.15, 0.2) is 0 Å². The van der Waals surface area contributed by atoms with Gasteiger partial charge in [-0.25, -0.2) is 0 Å². The molecule has 0 saturated carbocycles. The highest BCUT2D eigenvalue weighted by molar-refractivity contribution is 5.47. The predicted octanol–water partition coefficient (Wildman–Crippen LogP) is 9.47. The second-order valence-electron chi connectivity index (χ2n) is 14.9. The van der Waals surface area contributed by atoms with Crippen LogP contribution in [0.15, 0.2) is 158 Å². The van der Waals surface area contributed by atoms with Crippen LogP contribution in [0.3, 0.4) is 0 Å². The van der Waals surface area contributed by atoms with E-state index in [1.807, 2.05) is 0 Å². The highest BCUT2D eigenvalue weighted by atomic mass is 15.1. The third kappa shape index (κ3) is 13.3. The van der Waals surface area contributed by atoms with Crippen LogP contribution in [0.25, 0.3) is 0 Å². The first-order chi connectivity index (χ1) is 28.7. The van der Waals surface area contributed by atoms with Gasteiger partial charge in [0.2, 0.25) is 0 Å². The second-order valence-corrected chi connectivity index (χ2v) is 14.9. The molecule has 0 fully saturated rings. The average molecular weight is 751 g/mol. The Hall–Kier alpha value is -6.52. The fourth-order valence-electron chi connectivity index (χ4n) is 7.12. The highest BCUT2D eigenvalue weighted by Crippen LogP contribution is 2.12. The summed E-state index contributed by atoms with van der Waals surface area (Å²) in [6.45, 7) is 6.04. The van der Waals surface area contributed by atoms with Crippen LogP contribution in [-0.4, -0.2) is 49.1 Å². The van der Waals surface area contributed by atoms with Gasteiger partial charge in [0.1, 0.15) is 0 Å². The van der Waals surface area contributed by atoms with Crippen LogP contribution >= 0.6 is 0 Å². The molecule has 0 N–H and O–H groups in total. The zero-order chi connectivity index (χ0) is 39.5. The summed E-state index contributed by atoms with van der Waals surface area (Å²) in [6, 6.07) is 56.2. The van der Waals surface area contributed by atoms with E-state index in [0.29, 0.717) is 0 Å². The van der Waals surface area contributed by atoms with E-state index in [0.717, 1.165) is 100 Å². The lowest BCUT2D eigenvalue weighted by molar-refractivity contribution is 0.284. The van der Waals surface area contributed by atoms with E-state index >= 15 is 0 Å². The summed E-state index contributed by atoms with van der Waals surface area (Å²) < 4.78 is 0. The van der Waals surface area contributed by atoms with Crippen LogP contribution in [0.1, 0.15) is 55.6 Å². The van der Waals surface area contributed by atoms with Crippen LogP contribution in [-0.2, 0) is 38.5 Å². The molecule has 0 aliphatic carbocycles. The van der Waals surface area contributed by atoms with Gasteiger partial charge in [0.05, 0.1) is 0 Å². The predicted molar refractivity (Wildman–Crippen MR) is 241 cm³/mol. The summed E-state index contributed by atoms with van der Waals surface area (Å²) in [4.78, 5) is 5.18. The molecule has 0 aromatic heterocycles. The molecule has 0 saturated heterocycles. The van der Waals surface area contributed by atoms with Crippen LogP contribution in [0.2, 0.25) is 0 Å². The van der Waals surface area contributed by atoms with Crippen LogP contribution < -0.4 is 0 Å². The minimum Gasteiger partial charge on any atom is -0.302 e. The molecule has 0 atom stereocenters. The van der Waals surface area contributed by atoms with Crippen molar-refractivity contribution in [1.82, 2.24) is 9.80 Å². The first-order valence-corrected chi connectivity index (χ1v) is 20.6. The van der Waals surface area contributed by atoms with E-state index in [1.54, 1.807) is 0 Å². The number of rotatable bonds is 6. The first-order valence-electron chi connectivity index (χ1n) is 20.6. The summed E-state index contributed by atoms with van der Waals surface area (Å²) in [7, 11) is 0. The summed E-state index contributed by atoms with van der Waals surface area (Å²) in [6.07, 6.45) is 6.03. The van der Waals surface area contributed by atoms with Crippen molar-refractivity contribution < 1.29 is 0 Å². The second kappa shape index (κ2) is 21.7. The van der Waals surface area contributed by atoms with Gasteiger partial charge in [0.25, 0.3) is 0 Å². The minimum absolute atomic E-state index is 0.987. The van der Waals surface area contributed by atoms with Crippen molar-refractivity contribution in [3.05, 3.63) is 213 Å². The Labute approximate surface area is 347 Å². The van der Waals surface area contributed by atoms with Crippen LogP contribution in [0, 0.1) is 47.4 Å². The Bertz CT molecular complexity index is 2120. The molecular weight excluding hydrogens is 701 g/mol. The molecule has 0 amide bonds. The van der Waals surface area contributed by atoms with E-state index in [-0.39, 0.29) is 0 Å². The van der Waals surface area contributed by atoms with E-state index < -0.39 is 0 Å². The van der Waals surface area contributed by atoms with Crippen molar-refractivity contribution in [3.63, 3.8) is 0 Å². The van der Waals surface area contributed by atoms with E-state index in [2.05, 4.69) is 215 Å². The fourth-order valence-corrected chi connectivity index (χ4v) is 7.12. The molecule has 0 radical (unpaired) electrons. The molecule has 8 bridgehead atoms. The van der Waals surface area contributed by atoms with Crippen molar-refractivity contribution in [2.45, 2.75) is 38.5 Å². The first kappa shape index (κ1) is 39.7. The Morgan fingerprint density at radius 1 is 0.310 bits per heavy atom. The van der Waals surface area contributed by atoms with Gasteiger partial charge >= 0.3 is 0 Å². The van der Waals surface area contributed by atoms with Crippen LogP contribution in [0.4, 0.5) is 0 Å². The summed E-state index contributed by atoms with van der Waals surface area (Å²) in [5.74, 6) is 25.2. The molecule has 6 aromatic rings. The summed E-state index contributed by atoms with van der Waals surface area (Å²) in [5.41, 5.74) is 12.0. The van der Waals surface area contributed by atoms with Gasteiger partial charge in [-0.2, -0.15) is 0 Å². The molecule has 7 heterocycles. The summed E-state index contributed by atoms with van der Waals surface area (Å²) in [5, 5.41) is 0. The normalized spacial score (nSPS) is 13.8. The van der Waals surface area contributed by atoms with Gasteiger partial charge in [0, 0.05) is 61.5 Å². The van der Waals surface area contributed by atoms with Gasteiger partial charge < -0.3 is 9.80 Å². The molecule has 284 valence electrons. The third-order valence-corrected chi connectivity index (χ3v) is 10.8. The molecule has 7 aliphatic rings. The molecule has 0 spiro atoms. The van der Waals surface area contributed by atoms with Crippen LogP contribution in [0.5, 0.6) is 0 Å². The number of hydrogen-bond acceptors (Lipinski definition) is 2.